The number of anilines is 1. The van der Waals surface area contributed by atoms with Crippen molar-refractivity contribution in [1.29, 1.82) is 0 Å². The number of allylic oxidation sites excluding steroid dienone is 4. The first kappa shape index (κ1) is 16.5. The molecule has 0 spiro atoms. The van der Waals surface area contributed by atoms with Crippen LogP contribution in [0.25, 0.3) is 0 Å². The van der Waals surface area contributed by atoms with Crippen LogP contribution >= 0.6 is 0 Å². The van der Waals surface area contributed by atoms with Crippen LogP contribution in [0, 0.1) is 0 Å². The lowest BCUT2D eigenvalue weighted by atomic mass is 10.1. The van der Waals surface area contributed by atoms with E-state index in [1.807, 2.05) is 57.3 Å². The van der Waals surface area contributed by atoms with Crippen LogP contribution in [-0.4, -0.2) is 21.7 Å². The second-order valence-corrected chi connectivity index (χ2v) is 6.53. The summed E-state index contributed by atoms with van der Waals surface area (Å²) in [5.41, 5.74) is 2.24. The van der Waals surface area contributed by atoms with Gasteiger partial charge in [0.15, 0.2) is 9.84 Å². The molecule has 1 aliphatic carbocycles. The first-order valence-corrected chi connectivity index (χ1v) is 8.76. The lowest BCUT2D eigenvalue weighted by Gasteiger charge is -2.25. The maximum absolute atomic E-state index is 11.4. The summed E-state index contributed by atoms with van der Waals surface area (Å²) in [5.74, 6) is 0. The summed E-state index contributed by atoms with van der Waals surface area (Å²) in [6, 6.07) is 10.0. The summed E-state index contributed by atoms with van der Waals surface area (Å²) in [7, 11) is -1.04. The largest absolute Gasteiger partial charge is 0.348 e. The number of sulfone groups is 1. The molecule has 3 nitrogen and oxygen atoms in total. The molecule has 0 atom stereocenters. The molecule has 4 heteroatoms. The zero-order valence-electron chi connectivity index (χ0n) is 12.6. The van der Waals surface area contributed by atoms with Gasteiger partial charge in [0.2, 0.25) is 0 Å². The topological polar surface area (TPSA) is 37.4 Å². The Kier molecular flexibility index (Phi) is 6.02. The SMILES string of the molecule is CC.CN(C1=CC=C(S(C)(=O)=O)CC1)c1ccccc1. The predicted octanol–water partition coefficient (Wildman–Crippen LogP) is 3.76. The second-order valence-electron chi connectivity index (χ2n) is 4.46. The van der Waals surface area contributed by atoms with Gasteiger partial charge in [-0.25, -0.2) is 8.42 Å². The summed E-state index contributed by atoms with van der Waals surface area (Å²) in [4.78, 5) is 2.61. The molecular weight excluding hydrogens is 270 g/mol. The minimum Gasteiger partial charge on any atom is -0.348 e. The molecule has 0 unspecified atom stereocenters. The van der Waals surface area contributed by atoms with Gasteiger partial charge in [0, 0.05) is 29.6 Å². The van der Waals surface area contributed by atoms with Crippen LogP contribution in [0.1, 0.15) is 26.7 Å². The maximum atomic E-state index is 11.4. The molecule has 0 aliphatic heterocycles. The predicted molar refractivity (Wildman–Crippen MR) is 86.4 cm³/mol. The standard InChI is InChI=1S/C14H17NO2S.C2H6/c1-15(12-6-4-3-5-7-12)13-8-10-14(11-9-13)18(2,16)17;1-2/h3-8,10H,9,11H2,1-2H3;1-2H3. The van der Waals surface area contributed by atoms with Gasteiger partial charge in [0.25, 0.3) is 0 Å². The maximum Gasteiger partial charge on any atom is 0.171 e. The third-order valence-corrected chi connectivity index (χ3v) is 4.43. The van der Waals surface area contributed by atoms with Gasteiger partial charge in [-0.3, -0.25) is 0 Å². The van der Waals surface area contributed by atoms with Gasteiger partial charge in [0.05, 0.1) is 0 Å². The quantitative estimate of drug-likeness (QED) is 0.851. The van der Waals surface area contributed by atoms with Crippen molar-refractivity contribution in [2.75, 3.05) is 18.2 Å². The summed E-state index contributed by atoms with van der Waals surface area (Å²) < 4.78 is 22.8. The van der Waals surface area contributed by atoms with Crippen molar-refractivity contribution < 1.29 is 8.42 Å². The van der Waals surface area contributed by atoms with Gasteiger partial charge < -0.3 is 4.90 Å². The number of nitrogens with zero attached hydrogens (tertiary/aromatic N) is 1. The van der Waals surface area contributed by atoms with Gasteiger partial charge in [0.1, 0.15) is 0 Å². The minimum absolute atomic E-state index is 0.521. The van der Waals surface area contributed by atoms with E-state index in [0.29, 0.717) is 11.3 Å². The Morgan fingerprint density at radius 3 is 2.05 bits per heavy atom. The molecule has 0 fully saturated rings. The van der Waals surface area contributed by atoms with E-state index < -0.39 is 9.84 Å². The lowest BCUT2D eigenvalue weighted by molar-refractivity contribution is 0.605. The van der Waals surface area contributed by atoms with Crippen molar-refractivity contribution in [3.63, 3.8) is 0 Å². The highest BCUT2D eigenvalue weighted by molar-refractivity contribution is 7.94. The Balaban J connectivity index is 0.000000956. The molecule has 0 saturated carbocycles. The van der Waals surface area contributed by atoms with Crippen LogP contribution in [0.5, 0.6) is 0 Å². The first-order chi connectivity index (χ1) is 9.48. The van der Waals surface area contributed by atoms with Crippen LogP contribution in [0.15, 0.2) is 53.1 Å². The summed E-state index contributed by atoms with van der Waals surface area (Å²) >= 11 is 0. The number of rotatable bonds is 3. The molecule has 0 radical (unpaired) electrons. The van der Waals surface area contributed by atoms with Crippen molar-refractivity contribution in [3.8, 4) is 0 Å². The van der Waals surface area contributed by atoms with Gasteiger partial charge in [-0.15, -0.1) is 0 Å². The minimum atomic E-state index is -3.04. The van der Waals surface area contributed by atoms with Crippen LogP contribution < -0.4 is 4.90 Å². The fourth-order valence-electron chi connectivity index (χ4n) is 2.01. The average Bonchev–Trinajstić information content (AvgIpc) is 2.49. The molecule has 0 heterocycles. The smallest absolute Gasteiger partial charge is 0.171 e. The molecule has 0 aromatic heterocycles. The Hall–Kier alpha value is -1.55. The molecule has 0 N–H and O–H groups in total. The molecule has 0 saturated heterocycles. The van der Waals surface area contributed by atoms with E-state index in [2.05, 4.69) is 4.90 Å². The molecule has 110 valence electrons. The number of hydrogen-bond acceptors (Lipinski definition) is 3. The zero-order chi connectivity index (χ0) is 15.2. The van der Waals surface area contributed by atoms with E-state index in [-0.39, 0.29) is 0 Å². The fourth-order valence-corrected chi connectivity index (χ4v) is 2.80. The fraction of sp³-hybridized carbons (Fsp3) is 0.375. The Bertz CT molecular complexity index is 586. The van der Waals surface area contributed by atoms with E-state index in [9.17, 15) is 8.42 Å². The van der Waals surface area contributed by atoms with Crippen LogP contribution in [-0.2, 0) is 9.84 Å². The van der Waals surface area contributed by atoms with E-state index >= 15 is 0 Å². The van der Waals surface area contributed by atoms with Crippen molar-refractivity contribution in [2.45, 2.75) is 26.7 Å². The van der Waals surface area contributed by atoms with Crippen molar-refractivity contribution in [3.05, 3.63) is 53.1 Å². The highest BCUT2D eigenvalue weighted by atomic mass is 32.2. The molecule has 1 aromatic carbocycles. The molecule has 1 aromatic rings. The third kappa shape index (κ3) is 4.23. The van der Waals surface area contributed by atoms with Crippen molar-refractivity contribution in [2.24, 2.45) is 0 Å². The molecule has 2 rings (SSSR count). The van der Waals surface area contributed by atoms with Crippen molar-refractivity contribution in [1.82, 2.24) is 0 Å². The summed E-state index contributed by atoms with van der Waals surface area (Å²) in [6.07, 6.45) is 6.21. The van der Waals surface area contributed by atoms with E-state index in [4.69, 9.17) is 0 Å². The number of hydrogen-bond donors (Lipinski definition) is 0. The third-order valence-electron chi connectivity index (χ3n) is 3.14. The highest BCUT2D eigenvalue weighted by Gasteiger charge is 2.17. The first-order valence-electron chi connectivity index (χ1n) is 6.87. The van der Waals surface area contributed by atoms with Gasteiger partial charge in [-0.2, -0.15) is 0 Å². The number of benzene rings is 1. The van der Waals surface area contributed by atoms with Gasteiger partial charge >= 0.3 is 0 Å². The van der Waals surface area contributed by atoms with E-state index in [1.165, 1.54) is 6.26 Å². The second kappa shape index (κ2) is 7.29. The van der Waals surface area contributed by atoms with Crippen LogP contribution in [0.4, 0.5) is 5.69 Å². The highest BCUT2D eigenvalue weighted by Crippen LogP contribution is 2.26. The van der Waals surface area contributed by atoms with Crippen LogP contribution in [0.2, 0.25) is 0 Å². The Morgan fingerprint density at radius 2 is 1.60 bits per heavy atom. The molecule has 0 bridgehead atoms. The van der Waals surface area contributed by atoms with Crippen molar-refractivity contribution >= 4 is 15.5 Å². The summed E-state index contributed by atoms with van der Waals surface area (Å²) in [6.45, 7) is 4.00. The monoisotopic (exact) mass is 293 g/mol. The summed E-state index contributed by atoms with van der Waals surface area (Å²) in [5, 5.41) is 0. The van der Waals surface area contributed by atoms with E-state index in [0.717, 1.165) is 17.8 Å². The normalized spacial score (nSPS) is 14.6. The molecule has 0 amide bonds. The number of para-hydroxylation sites is 1. The average molecular weight is 293 g/mol. The van der Waals surface area contributed by atoms with Gasteiger partial charge in [-0.1, -0.05) is 32.0 Å². The Morgan fingerprint density at radius 1 is 1.00 bits per heavy atom. The van der Waals surface area contributed by atoms with E-state index in [1.54, 1.807) is 6.08 Å². The molecule has 1 aliphatic rings. The van der Waals surface area contributed by atoms with Gasteiger partial charge in [-0.05, 0) is 37.1 Å². The Labute approximate surface area is 122 Å². The zero-order valence-corrected chi connectivity index (χ0v) is 13.4. The molecule has 20 heavy (non-hydrogen) atoms. The lowest BCUT2D eigenvalue weighted by Crippen LogP contribution is -2.18. The molecular formula is C16H23NO2S. The van der Waals surface area contributed by atoms with Crippen LogP contribution in [0.3, 0.4) is 0 Å².